The van der Waals surface area contributed by atoms with E-state index in [1.165, 1.54) is 11.8 Å². The summed E-state index contributed by atoms with van der Waals surface area (Å²) >= 11 is 7.68. The van der Waals surface area contributed by atoms with Crippen LogP contribution in [0, 0.1) is 5.82 Å². The summed E-state index contributed by atoms with van der Waals surface area (Å²) in [6, 6.07) is 5.25. The van der Waals surface area contributed by atoms with Crippen LogP contribution in [0.25, 0.3) is 0 Å². The standard InChI is InChI=1S/C11H13ClFNS/c1-7-11(4-5-15-7)14-8-2-3-10(13)9(12)6-8/h2-3,6-7,11,14H,4-5H2,1H3. The molecule has 0 amide bonds. The first-order valence-corrected chi connectivity index (χ1v) is 6.42. The molecule has 0 aromatic heterocycles. The van der Waals surface area contributed by atoms with Crippen molar-refractivity contribution >= 4 is 29.1 Å². The van der Waals surface area contributed by atoms with E-state index in [9.17, 15) is 4.39 Å². The van der Waals surface area contributed by atoms with Crippen LogP contribution in [0.3, 0.4) is 0 Å². The van der Waals surface area contributed by atoms with Crippen molar-refractivity contribution in [2.75, 3.05) is 11.1 Å². The molecule has 1 aromatic carbocycles. The third kappa shape index (κ3) is 2.58. The molecule has 1 nitrogen and oxygen atoms in total. The molecule has 1 aliphatic heterocycles. The van der Waals surface area contributed by atoms with Crippen molar-refractivity contribution in [2.45, 2.75) is 24.6 Å². The van der Waals surface area contributed by atoms with Gasteiger partial charge in [-0.1, -0.05) is 18.5 Å². The monoisotopic (exact) mass is 245 g/mol. The van der Waals surface area contributed by atoms with E-state index in [0.29, 0.717) is 11.3 Å². The van der Waals surface area contributed by atoms with Gasteiger partial charge in [0.25, 0.3) is 0 Å². The molecule has 4 heteroatoms. The van der Waals surface area contributed by atoms with E-state index in [-0.39, 0.29) is 10.8 Å². The zero-order valence-electron chi connectivity index (χ0n) is 8.47. The molecular formula is C11H13ClFNS. The molecule has 15 heavy (non-hydrogen) atoms. The number of benzene rings is 1. The maximum Gasteiger partial charge on any atom is 0.141 e. The summed E-state index contributed by atoms with van der Waals surface area (Å²) in [6.45, 7) is 2.21. The molecule has 0 saturated carbocycles. The van der Waals surface area contributed by atoms with E-state index in [1.54, 1.807) is 12.1 Å². The van der Waals surface area contributed by atoms with Crippen LogP contribution in [-0.4, -0.2) is 17.0 Å². The van der Waals surface area contributed by atoms with Crippen molar-refractivity contribution in [1.82, 2.24) is 0 Å². The van der Waals surface area contributed by atoms with Crippen molar-refractivity contribution in [2.24, 2.45) is 0 Å². The molecular weight excluding hydrogens is 233 g/mol. The zero-order chi connectivity index (χ0) is 10.8. The Bertz CT molecular complexity index is 358. The van der Waals surface area contributed by atoms with Gasteiger partial charge in [-0.3, -0.25) is 0 Å². The smallest absolute Gasteiger partial charge is 0.141 e. The summed E-state index contributed by atoms with van der Waals surface area (Å²) in [5.41, 5.74) is 0.903. The first-order valence-electron chi connectivity index (χ1n) is 5.00. The number of rotatable bonds is 2. The fourth-order valence-electron chi connectivity index (χ4n) is 1.72. The van der Waals surface area contributed by atoms with Gasteiger partial charge >= 0.3 is 0 Å². The van der Waals surface area contributed by atoms with E-state index in [4.69, 9.17) is 11.6 Å². The van der Waals surface area contributed by atoms with Gasteiger partial charge in [0, 0.05) is 17.0 Å². The molecule has 1 saturated heterocycles. The fraction of sp³-hybridized carbons (Fsp3) is 0.455. The topological polar surface area (TPSA) is 12.0 Å². The minimum Gasteiger partial charge on any atom is -0.381 e. The Morgan fingerprint density at radius 1 is 1.53 bits per heavy atom. The molecule has 2 atom stereocenters. The molecule has 0 bridgehead atoms. The highest BCUT2D eigenvalue weighted by molar-refractivity contribution is 8.00. The van der Waals surface area contributed by atoms with Crippen LogP contribution in [0.15, 0.2) is 18.2 Å². The average molecular weight is 246 g/mol. The minimum absolute atomic E-state index is 0.179. The molecule has 1 fully saturated rings. The largest absolute Gasteiger partial charge is 0.381 e. The SMILES string of the molecule is CC1SCCC1Nc1ccc(F)c(Cl)c1. The summed E-state index contributed by atoms with van der Waals surface area (Å²) < 4.78 is 12.9. The summed E-state index contributed by atoms with van der Waals surface area (Å²) in [5, 5.41) is 4.17. The predicted octanol–water partition coefficient (Wildman–Crippen LogP) is 3.79. The quantitative estimate of drug-likeness (QED) is 0.851. The molecule has 82 valence electrons. The molecule has 0 radical (unpaired) electrons. The Morgan fingerprint density at radius 2 is 2.33 bits per heavy atom. The van der Waals surface area contributed by atoms with Crippen LogP contribution >= 0.6 is 23.4 Å². The molecule has 0 aliphatic carbocycles. The lowest BCUT2D eigenvalue weighted by Gasteiger charge is -2.18. The highest BCUT2D eigenvalue weighted by atomic mass is 35.5. The van der Waals surface area contributed by atoms with Crippen LogP contribution in [0.5, 0.6) is 0 Å². The minimum atomic E-state index is -0.365. The number of hydrogen-bond donors (Lipinski definition) is 1. The van der Waals surface area contributed by atoms with Gasteiger partial charge in [0.1, 0.15) is 5.82 Å². The van der Waals surface area contributed by atoms with E-state index < -0.39 is 0 Å². The third-order valence-electron chi connectivity index (χ3n) is 2.65. The summed E-state index contributed by atoms with van der Waals surface area (Å²) in [6.07, 6.45) is 1.15. The second-order valence-corrected chi connectivity index (χ2v) is 5.64. The lowest BCUT2D eigenvalue weighted by atomic mass is 10.1. The first-order chi connectivity index (χ1) is 7.16. The summed E-state index contributed by atoms with van der Waals surface area (Å²) in [7, 11) is 0. The second kappa shape index (κ2) is 4.62. The predicted molar refractivity (Wildman–Crippen MR) is 65.4 cm³/mol. The van der Waals surface area contributed by atoms with Crippen LogP contribution < -0.4 is 5.32 Å². The molecule has 1 aliphatic rings. The highest BCUT2D eigenvalue weighted by Crippen LogP contribution is 2.29. The maximum absolute atomic E-state index is 12.9. The van der Waals surface area contributed by atoms with E-state index in [2.05, 4.69) is 12.2 Å². The summed E-state index contributed by atoms with van der Waals surface area (Å²) in [5.74, 6) is 0.823. The van der Waals surface area contributed by atoms with Crippen molar-refractivity contribution in [3.05, 3.63) is 29.0 Å². The number of anilines is 1. The van der Waals surface area contributed by atoms with Gasteiger partial charge in [-0.2, -0.15) is 11.8 Å². The molecule has 2 rings (SSSR count). The number of thioether (sulfide) groups is 1. The molecule has 1 N–H and O–H groups in total. The van der Waals surface area contributed by atoms with Crippen molar-refractivity contribution in [3.63, 3.8) is 0 Å². The Morgan fingerprint density at radius 3 is 2.93 bits per heavy atom. The lowest BCUT2D eigenvalue weighted by Crippen LogP contribution is -2.24. The number of hydrogen-bond acceptors (Lipinski definition) is 2. The van der Waals surface area contributed by atoms with Gasteiger partial charge in [0.15, 0.2) is 0 Å². The normalized spacial score (nSPS) is 25.5. The van der Waals surface area contributed by atoms with Gasteiger partial charge in [-0.15, -0.1) is 0 Å². The van der Waals surface area contributed by atoms with Gasteiger partial charge in [0.05, 0.1) is 5.02 Å². The van der Waals surface area contributed by atoms with E-state index in [1.807, 2.05) is 11.8 Å². The van der Waals surface area contributed by atoms with Crippen molar-refractivity contribution in [1.29, 1.82) is 0 Å². The van der Waals surface area contributed by atoms with Gasteiger partial charge in [0.2, 0.25) is 0 Å². The average Bonchev–Trinajstić information content (AvgIpc) is 2.59. The molecule has 1 heterocycles. The second-order valence-electron chi connectivity index (χ2n) is 3.74. The maximum atomic E-state index is 12.9. The van der Waals surface area contributed by atoms with Gasteiger partial charge in [-0.05, 0) is 30.4 Å². The molecule has 0 spiro atoms. The van der Waals surface area contributed by atoms with Gasteiger partial charge < -0.3 is 5.32 Å². The molecule has 1 aromatic rings. The zero-order valence-corrected chi connectivity index (χ0v) is 10.0. The van der Waals surface area contributed by atoms with Crippen LogP contribution in [0.4, 0.5) is 10.1 Å². The van der Waals surface area contributed by atoms with Gasteiger partial charge in [-0.25, -0.2) is 4.39 Å². The fourth-order valence-corrected chi connectivity index (χ4v) is 3.10. The third-order valence-corrected chi connectivity index (χ3v) is 4.26. The van der Waals surface area contributed by atoms with Crippen molar-refractivity contribution < 1.29 is 4.39 Å². The van der Waals surface area contributed by atoms with Crippen LogP contribution in [0.2, 0.25) is 5.02 Å². The Hall–Kier alpha value is -0.410. The van der Waals surface area contributed by atoms with Crippen molar-refractivity contribution in [3.8, 4) is 0 Å². The van der Waals surface area contributed by atoms with Crippen LogP contribution in [0.1, 0.15) is 13.3 Å². The molecule has 2 unspecified atom stereocenters. The van der Waals surface area contributed by atoms with Crippen LogP contribution in [-0.2, 0) is 0 Å². The number of halogens is 2. The first kappa shape index (κ1) is 11.1. The Labute approximate surface area is 98.4 Å². The van der Waals surface area contributed by atoms with E-state index >= 15 is 0 Å². The lowest BCUT2D eigenvalue weighted by molar-refractivity contribution is 0.628. The Kier molecular flexibility index (Phi) is 3.42. The Balaban J connectivity index is 2.07. The number of nitrogens with one attached hydrogen (secondary N) is 1. The van der Waals surface area contributed by atoms with E-state index in [0.717, 1.165) is 12.1 Å². The summed E-state index contributed by atoms with van der Waals surface area (Å²) in [4.78, 5) is 0. The highest BCUT2D eigenvalue weighted by Gasteiger charge is 2.23.